The lowest BCUT2D eigenvalue weighted by Gasteiger charge is -2.47. The molecule has 104 valence electrons. The van der Waals surface area contributed by atoms with E-state index in [1.807, 2.05) is 0 Å². The summed E-state index contributed by atoms with van der Waals surface area (Å²) in [6, 6.07) is 0. The van der Waals surface area contributed by atoms with Crippen molar-refractivity contribution in [1.29, 1.82) is 5.16 Å². The molecule has 0 heterocycles. The van der Waals surface area contributed by atoms with E-state index in [0.717, 1.165) is 39.3 Å². The SMILES string of the molecule is CCN(CC)P(=N)(N(CC)CC)N(CC)CC. The van der Waals surface area contributed by atoms with E-state index in [1.165, 1.54) is 0 Å². The van der Waals surface area contributed by atoms with E-state index in [1.54, 1.807) is 0 Å². The van der Waals surface area contributed by atoms with Crippen molar-refractivity contribution in [3.63, 3.8) is 0 Å². The Bertz CT molecular complexity index is 195. The maximum absolute atomic E-state index is 9.08. The minimum Gasteiger partial charge on any atom is -0.277 e. The lowest BCUT2D eigenvalue weighted by molar-refractivity contribution is 0.337. The van der Waals surface area contributed by atoms with Crippen LogP contribution in [0, 0.1) is 5.16 Å². The molecule has 0 aromatic carbocycles. The molecule has 17 heavy (non-hydrogen) atoms. The summed E-state index contributed by atoms with van der Waals surface area (Å²) in [5, 5.41) is 9.08. The predicted molar refractivity (Wildman–Crippen MR) is 78.4 cm³/mol. The fourth-order valence-electron chi connectivity index (χ4n) is 2.39. The van der Waals surface area contributed by atoms with E-state index in [0.29, 0.717) is 0 Å². The Morgan fingerprint density at radius 2 is 0.765 bits per heavy atom. The third-order valence-electron chi connectivity index (χ3n) is 3.37. The first kappa shape index (κ1) is 17.1. The molecule has 0 saturated heterocycles. The minimum atomic E-state index is -2.05. The summed E-state index contributed by atoms with van der Waals surface area (Å²) < 4.78 is 7.02. The van der Waals surface area contributed by atoms with Gasteiger partial charge in [-0.2, -0.15) is 0 Å². The second-order valence-electron chi connectivity index (χ2n) is 3.99. The molecule has 0 bridgehead atoms. The highest BCUT2D eigenvalue weighted by atomic mass is 31.2. The molecule has 0 atom stereocenters. The van der Waals surface area contributed by atoms with Crippen LogP contribution in [-0.2, 0) is 0 Å². The van der Waals surface area contributed by atoms with Gasteiger partial charge in [0.15, 0.2) is 7.51 Å². The highest BCUT2D eigenvalue weighted by Gasteiger charge is 2.34. The van der Waals surface area contributed by atoms with Gasteiger partial charge in [0.05, 0.1) is 0 Å². The molecular formula is C12H31N4P. The van der Waals surface area contributed by atoms with Crippen LogP contribution in [0.25, 0.3) is 0 Å². The fourth-order valence-corrected chi connectivity index (χ4v) is 5.83. The molecule has 0 amide bonds. The van der Waals surface area contributed by atoms with Gasteiger partial charge in [0.1, 0.15) is 0 Å². The standard InChI is InChI=1S/C12H31N4P/c1-7-14(8-2)17(13,15(9-3)10-4)16(11-5)12-6/h13H,7-12H2,1-6H3. The van der Waals surface area contributed by atoms with Gasteiger partial charge in [0.2, 0.25) is 0 Å². The Labute approximate surface area is 108 Å². The van der Waals surface area contributed by atoms with Crippen molar-refractivity contribution < 1.29 is 0 Å². The Morgan fingerprint density at radius 1 is 0.588 bits per heavy atom. The molecule has 4 nitrogen and oxygen atoms in total. The average Bonchev–Trinajstić information content (AvgIpc) is 2.33. The van der Waals surface area contributed by atoms with Gasteiger partial charge < -0.3 is 0 Å². The second-order valence-corrected chi connectivity index (χ2v) is 6.82. The topological polar surface area (TPSA) is 33.6 Å². The van der Waals surface area contributed by atoms with Crippen molar-refractivity contribution in [2.75, 3.05) is 39.3 Å². The molecular weight excluding hydrogens is 231 g/mol. The van der Waals surface area contributed by atoms with E-state index < -0.39 is 7.51 Å². The zero-order valence-electron chi connectivity index (χ0n) is 12.5. The summed E-state index contributed by atoms with van der Waals surface area (Å²) in [5.74, 6) is 0. The van der Waals surface area contributed by atoms with Crippen molar-refractivity contribution in [3.05, 3.63) is 0 Å². The molecule has 0 saturated carbocycles. The molecule has 0 fully saturated rings. The van der Waals surface area contributed by atoms with Crippen LogP contribution in [0.1, 0.15) is 41.5 Å². The first-order valence-electron chi connectivity index (χ1n) is 6.96. The van der Waals surface area contributed by atoms with E-state index in [-0.39, 0.29) is 0 Å². The van der Waals surface area contributed by atoms with Crippen molar-refractivity contribution in [2.24, 2.45) is 0 Å². The van der Waals surface area contributed by atoms with Crippen LogP contribution in [0.5, 0.6) is 0 Å². The van der Waals surface area contributed by atoms with E-state index >= 15 is 0 Å². The highest BCUT2D eigenvalue weighted by molar-refractivity contribution is 7.57. The third-order valence-corrected chi connectivity index (χ3v) is 7.44. The Hall–Kier alpha value is 0.110. The first-order chi connectivity index (χ1) is 8.06. The molecule has 0 spiro atoms. The monoisotopic (exact) mass is 262 g/mol. The lowest BCUT2D eigenvalue weighted by atomic mass is 10.7. The van der Waals surface area contributed by atoms with Crippen LogP contribution in [0.2, 0.25) is 0 Å². The molecule has 1 N–H and O–H groups in total. The Balaban J connectivity index is 5.38. The summed E-state index contributed by atoms with van der Waals surface area (Å²) in [6.45, 7) is 18.8. The molecule has 0 aliphatic carbocycles. The summed E-state index contributed by atoms with van der Waals surface area (Å²) in [5.41, 5.74) is 0. The lowest BCUT2D eigenvalue weighted by Crippen LogP contribution is -2.40. The highest BCUT2D eigenvalue weighted by Crippen LogP contribution is 2.56. The zero-order valence-corrected chi connectivity index (χ0v) is 13.4. The van der Waals surface area contributed by atoms with Gasteiger partial charge in [-0.3, -0.25) is 5.16 Å². The molecule has 0 unspecified atom stereocenters. The van der Waals surface area contributed by atoms with E-state index in [2.05, 4.69) is 55.6 Å². The zero-order chi connectivity index (χ0) is 13.5. The van der Waals surface area contributed by atoms with Crippen molar-refractivity contribution in [1.82, 2.24) is 14.0 Å². The molecule has 0 rings (SSSR count). The number of rotatable bonds is 9. The van der Waals surface area contributed by atoms with E-state index in [4.69, 9.17) is 5.16 Å². The van der Waals surface area contributed by atoms with Crippen LogP contribution in [0.3, 0.4) is 0 Å². The van der Waals surface area contributed by atoms with Crippen LogP contribution < -0.4 is 0 Å². The van der Waals surface area contributed by atoms with Crippen LogP contribution in [-0.4, -0.2) is 53.3 Å². The predicted octanol–water partition coefficient (Wildman–Crippen LogP) is 3.54. The van der Waals surface area contributed by atoms with Gasteiger partial charge in [-0.25, -0.2) is 14.0 Å². The maximum Gasteiger partial charge on any atom is 0.165 e. The van der Waals surface area contributed by atoms with Crippen LogP contribution in [0.15, 0.2) is 0 Å². The van der Waals surface area contributed by atoms with Gasteiger partial charge in [-0.1, -0.05) is 41.5 Å². The van der Waals surface area contributed by atoms with Crippen LogP contribution in [0.4, 0.5) is 0 Å². The number of nitrogens with one attached hydrogen (secondary N) is 1. The quantitative estimate of drug-likeness (QED) is 0.645. The molecule has 0 aromatic heterocycles. The molecule has 0 aromatic rings. The van der Waals surface area contributed by atoms with Crippen molar-refractivity contribution in [3.8, 4) is 0 Å². The van der Waals surface area contributed by atoms with Crippen molar-refractivity contribution in [2.45, 2.75) is 41.5 Å². The van der Waals surface area contributed by atoms with Gasteiger partial charge in [0, 0.05) is 39.3 Å². The van der Waals surface area contributed by atoms with Crippen LogP contribution >= 0.6 is 7.51 Å². The Morgan fingerprint density at radius 3 is 0.882 bits per heavy atom. The second kappa shape index (κ2) is 8.25. The molecule has 0 aliphatic rings. The summed E-state index contributed by atoms with van der Waals surface area (Å²) in [6.07, 6.45) is 0. The largest absolute Gasteiger partial charge is 0.277 e. The van der Waals surface area contributed by atoms with Gasteiger partial charge in [-0.15, -0.1) is 0 Å². The normalized spacial score (nSPS) is 13.0. The van der Waals surface area contributed by atoms with Gasteiger partial charge in [-0.05, 0) is 0 Å². The van der Waals surface area contributed by atoms with Crippen molar-refractivity contribution >= 4 is 7.51 Å². The number of hydrogen-bond donors (Lipinski definition) is 1. The fraction of sp³-hybridized carbons (Fsp3) is 1.00. The van der Waals surface area contributed by atoms with Gasteiger partial charge >= 0.3 is 0 Å². The third kappa shape index (κ3) is 3.54. The van der Waals surface area contributed by atoms with Gasteiger partial charge in [0.25, 0.3) is 0 Å². The minimum absolute atomic E-state index is 0.959. The summed E-state index contributed by atoms with van der Waals surface area (Å²) in [4.78, 5) is 0. The Kier molecular flexibility index (Phi) is 8.31. The average molecular weight is 262 g/mol. The molecule has 5 heteroatoms. The van der Waals surface area contributed by atoms with E-state index in [9.17, 15) is 0 Å². The smallest absolute Gasteiger partial charge is 0.165 e. The summed E-state index contributed by atoms with van der Waals surface area (Å²) in [7, 11) is -2.05. The summed E-state index contributed by atoms with van der Waals surface area (Å²) >= 11 is 0. The number of hydrogen-bond acceptors (Lipinski definition) is 1. The molecule has 0 aliphatic heterocycles. The maximum atomic E-state index is 9.08. The first-order valence-corrected chi connectivity index (χ1v) is 8.61. The number of nitrogens with zero attached hydrogens (tertiary/aromatic N) is 3. The molecule has 0 radical (unpaired) electrons.